The van der Waals surface area contributed by atoms with Crippen molar-refractivity contribution in [3.05, 3.63) is 24.0 Å². The SMILES string of the molecule is CCCC(N)Cc1nc(-c2ccnc(C)n2)no1. The summed E-state index contributed by atoms with van der Waals surface area (Å²) in [6.07, 6.45) is 4.28. The minimum absolute atomic E-state index is 0.0652. The summed E-state index contributed by atoms with van der Waals surface area (Å²) in [6, 6.07) is 1.82. The average Bonchev–Trinajstić information content (AvgIpc) is 2.78. The number of hydrogen-bond acceptors (Lipinski definition) is 6. The Bertz CT molecular complexity index is 511. The fraction of sp³-hybridized carbons (Fsp3) is 0.500. The van der Waals surface area contributed by atoms with Crippen LogP contribution in [-0.2, 0) is 6.42 Å². The molecule has 0 aliphatic carbocycles. The summed E-state index contributed by atoms with van der Waals surface area (Å²) in [6.45, 7) is 3.92. The summed E-state index contributed by atoms with van der Waals surface area (Å²) < 4.78 is 5.17. The minimum Gasteiger partial charge on any atom is -0.339 e. The van der Waals surface area contributed by atoms with Gasteiger partial charge in [-0.1, -0.05) is 18.5 Å². The number of nitrogens with zero attached hydrogens (tertiary/aromatic N) is 4. The van der Waals surface area contributed by atoms with Crippen LogP contribution in [0.15, 0.2) is 16.8 Å². The number of aryl methyl sites for hydroxylation is 1. The average molecular weight is 247 g/mol. The smallest absolute Gasteiger partial charge is 0.228 e. The van der Waals surface area contributed by atoms with Crippen molar-refractivity contribution in [2.24, 2.45) is 5.73 Å². The van der Waals surface area contributed by atoms with E-state index in [9.17, 15) is 0 Å². The van der Waals surface area contributed by atoms with Gasteiger partial charge in [0.05, 0.1) is 0 Å². The number of hydrogen-bond donors (Lipinski definition) is 1. The van der Waals surface area contributed by atoms with Gasteiger partial charge < -0.3 is 10.3 Å². The molecule has 2 aromatic rings. The highest BCUT2D eigenvalue weighted by Gasteiger charge is 2.12. The third kappa shape index (κ3) is 3.10. The molecule has 6 heteroatoms. The molecule has 2 heterocycles. The van der Waals surface area contributed by atoms with Crippen molar-refractivity contribution in [2.75, 3.05) is 0 Å². The van der Waals surface area contributed by atoms with Gasteiger partial charge in [0.2, 0.25) is 11.7 Å². The maximum Gasteiger partial charge on any atom is 0.228 e. The Labute approximate surface area is 106 Å². The van der Waals surface area contributed by atoms with E-state index < -0.39 is 0 Å². The Morgan fingerprint density at radius 3 is 2.94 bits per heavy atom. The molecule has 0 aromatic carbocycles. The van der Waals surface area contributed by atoms with Gasteiger partial charge in [-0.3, -0.25) is 0 Å². The van der Waals surface area contributed by atoms with E-state index in [0.29, 0.717) is 29.7 Å². The number of nitrogens with two attached hydrogens (primary N) is 1. The maximum atomic E-state index is 5.93. The first-order chi connectivity index (χ1) is 8.69. The minimum atomic E-state index is 0.0652. The molecule has 0 aliphatic heterocycles. The highest BCUT2D eigenvalue weighted by Crippen LogP contribution is 2.13. The van der Waals surface area contributed by atoms with Crippen LogP contribution in [0.2, 0.25) is 0 Å². The van der Waals surface area contributed by atoms with Crippen LogP contribution in [-0.4, -0.2) is 26.2 Å². The molecule has 96 valence electrons. The normalized spacial score (nSPS) is 12.6. The Hall–Kier alpha value is -1.82. The van der Waals surface area contributed by atoms with Gasteiger partial charge in [-0.15, -0.1) is 0 Å². The molecule has 0 aliphatic rings. The molecule has 0 amide bonds. The van der Waals surface area contributed by atoms with Gasteiger partial charge in [0, 0.05) is 18.7 Å². The molecule has 0 radical (unpaired) electrons. The van der Waals surface area contributed by atoms with Crippen LogP contribution in [0.4, 0.5) is 0 Å². The van der Waals surface area contributed by atoms with Crippen LogP contribution >= 0.6 is 0 Å². The monoisotopic (exact) mass is 247 g/mol. The first-order valence-electron chi connectivity index (χ1n) is 6.07. The molecule has 0 saturated heterocycles. The molecule has 2 aromatic heterocycles. The van der Waals surface area contributed by atoms with Crippen molar-refractivity contribution in [1.82, 2.24) is 20.1 Å². The topological polar surface area (TPSA) is 90.7 Å². The van der Waals surface area contributed by atoms with E-state index in [0.717, 1.165) is 12.8 Å². The van der Waals surface area contributed by atoms with E-state index in [1.165, 1.54) is 0 Å². The van der Waals surface area contributed by atoms with Crippen LogP contribution in [0, 0.1) is 6.92 Å². The van der Waals surface area contributed by atoms with Crippen LogP contribution < -0.4 is 5.73 Å². The fourth-order valence-corrected chi connectivity index (χ4v) is 1.72. The molecular weight excluding hydrogens is 230 g/mol. The van der Waals surface area contributed by atoms with E-state index in [2.05, 4.69) is 27.0 Å². The van der Waals surface area contributed by atoms with Crippen molar-refractivity contribution in [3.8, 4) is 11.5 Å². The Kier molecular flexibility index (Phi) is 3.99. The van der Waals surface area contributed by atoms with Gasteiger partial charge in [0.15, 0.2) is 0 Å². The maximum absolute atomic E-state index is 5.93. The van der Waals surface area contributed by atoms with Crippen LogP contribution in [0.1, 0.15) is 31.5 Å². The summed E-state index contributed by atoms with van der Waals surface area (Å²) in [4.78, 5) is 12.6. The van der Waals surface area contributed by atoms with Crippen LogP contribution in [0.3, 0.4) is 0 Å². The predicted octanol–water partition coefficient (Wildman–Crippen LogP) is 1.50. The van der Waals surface area contributed by atoms with Gasteiger partial charge in [-0.25, -0.2) is 9.97 Å². The second-order valence-electron chi connectivity index (χ2n) is 4.25. The zero-order chi connectivity index (χ0) is 13.0. The molecule has 0 bridgehead atoms. The highest BCUT2D eigenvalue weighted by atomic mass is 16.5. The quantitative estimate of drug-likeness (QED) is 0.861. The summed E-state index contributed by atoms with van der Waals surface area (Å²) >= 11 is 0. The summed E-state index contributed by atoms with van der Waals surface area (Å²) in [7, 11) is 0. The second-order valence-corrected chi connectivity index (χ2v) is 4.25. The molecule has 2 rings (SSSR count). The zero-order valence-electron chi connectivity index (χ0n) is 10.6. The first-order valence-corrected chi connectivity index (χ1v) is 6.07. The standard InChI is InChI=1S/C12H17N5O/c1-3-4-9(13)7-11-16-12(17-18-11)10-5-6-14-8(2)15-10/h5-6,9H,3-4,7,13H2,1-2H3. The third-order valence-corrected chi connectivity index (χ3v) is 2.57. The second kappa shape index (κ2) is 5.68. The van der Waals surface area contributed by atoms with Crippen molar-refractivity contribution in [3.63, 3.8) is 0 Å². The molecule has 0 fully saturated rings. The Balaban J connectivity index is 2.10. The lowest BCUT2D eigenvalue weighted by Crippen LogP contribution is -2.22. The Morgan fingerprint density at radius 2 is 2.22 bits per heavy atom. The summed E-state index contributed by atoms with van der Waals surface area (Å²) in [5.41, 5.74) is 6.60. The van der Waals surface area contributed by atoms with Gasteiger partial charge in [0.1, 0.15) is 11.5 Å². The van der Waals surface area contributed by atoms with E-state index >= 15 is 0 Å². The van der Waals surface area contributed by atoms with Gasteiger partial charge in [-0.05, 0) is 19.4 Å². The lowest BCUT2D eigenvalue weighted by atomic mass is 10.1. The van der Waals surface area contributed by atoms with Crippen molar-refractivity contribution >= 4 is 0 Å². The molecule has 1 atom stereocenters. The molecule has 0 spiro atoms. The van der Waals surface area contributed by atoms with Crippen molar-refractivity contribution in [2.45, 2.75) is 39.2 Å². The summed E-state index contributed by atoms with van der Waals surface area (Å²) in [5.74, 6) is 1.72. The largest absolute Gasteiger partial charge is 0.339 e. The van der Waals surface area contributed by atoms with Gasteiger partial charge >= 0.3 is 0 Å². The third-order valence-electron chi connectivity index (χ3n) is 2.57. The van der Waals surface area contributed by atoms with Gasteiger partial charge in [-0.2, -0.15) is 4.98 Å². The van der Waals surface area contributed by atoms with Crippen LogP contribution in [0.5, 0.6) is 0 Å². The molecular formula is C12H17N5O. The van der Waals surface area contributed by atoms with E-state index in [1.54, 1.807) is 12.3 Å². The lowest BCUT2D eigenvalue weighted by Gasteiger charge is -2.05. The Morgan fingerprint density at radius 1 is 1.39 bits per heavy atom. The van der Waals surface area contributed by atoms with Crippen molar-refractivity contribution < 1.29 is 4.52 Å². The van der Waals surface area contributed by atoms with Gasteiger partial charge in [0.25, 0.3) is 0 Å². The van der Waals surface area contributed by atoms with E-state index in [-0.39, 0.29) is 6.04 Å². The molecule has 2 N–H and O–H groups in total. The van der Waals surface area contributed by atoms with E-state index in [4.69, 9.17) is 10.3 Å². The molecule has 18 heavy (non-hydrogen) atoms. The number of rotatable bonds is 5. The van der Waals surface area contributed by atoms with E-state index in [1.807, 2.05) is 6.92 Å². The van der Waals surface area contributed by atoms with Crippen molar-refractivity contribution in [1.29, 1.82) is 0 Å². The molecule has 0 saturated carbocycles. The summed E-state index contributed by atoms with van der Waals surface area (Å²) in [5, 5.41) is 3.91. The lowest BCUT2D eigenvalue weighted by molar-refractivity contribution is 0.366. The molecule has 1 unspecified atom stereocenters. The number of aromatic nitrogens is 4. The first kappa shape index (κ1) is 12.6. The predicted molar refractivity (Wildman–Crippen MR) is 66.6 cm³/mol. The fourth-order valence-electron chi connectivity index (χ4n) is 1.72. The zero-order valence-corrected chi connectivity index (χ0v) is 10.6. The highest BCUT2D eigenvalue weighted by molar-refractivity contribution is 5.46. The van der Waals surface area contributed by atoms with Crippen LogP contribution in [0.25, 0.3) is 11.5 Å². The molecule has 6 nitrogen and oxygen atoms in total.